The van der Waals surface area contributed by atoms with E-state index in [-0.39, 0.29) is 5.91 Å². The fourth-order valence-corrected chi connectivity index (χ4v) is 1.82. The fraction of sp³-hybridized carbons (Fsp3) is 0.533. The highest BCUT2D eigenvalue weighted by Gasteiger charge is 2.22. The Balaban J connectivity index is 0.000000272. The molecule has 5 nitrogen and oxygen atoms in total. The lowest BCUT2D eigenvalue weighted by atomic mass is 9.80. The van der Waals surface area contributed by atoms with Crippen LogP contribution in [0.25, 0.3) is 0 Å². The fourth-order valence-electron chi connectivity index (χ4n) is 1.82. The van der Waals surface area contributed by atoms with Gasteiger partial charge < -0.3 is 21.1 Å². The number of carbonyl (C=O) groups excluding carboxylic acids is 1. The zero-order valence-electron chi connectivity index (χ0n) is 12.2. The minimum absolute atomic E-state index is 0.106. The van der Waals surface area contributed by atoms with Crippen molar-refractivity contribution in [1.82, 2.24) is 5.32 Å². The molecule has 0 bridgehead atoms. The summed E-state index contributed by atoms with van der Waals surface area (Å²) in [7, 11) is -1.48. The van der Waals surface area contributed by atoms with E-state index in [2.05, 4.69) is 5.32 Å². The van der Waals surface area contributed by atoms with Crippen molar-refractivity contribution in [3.05, 3.63) is 29.8 Å². The lowest BCUT2D eigenvalue weighted by Crippen LogP contribution is -2.30. The third-order valence-corrected chi connectivity index (χ3v) is 3.75. The summed E-state index contributed by atoms with van der Waals surface area (Å²) in [6, 6.07) is 6.27. The molecular weight excluding hydrogens is 267 g/mol. The van der Waals surface area contributed by atoms with Gasteiger partial charge in [0.1, 0.15) is 0 Å². The molecule has 1 amide bonds. The molecule has 0 heterocycles. The van der Waals surface area contributed by atoms with Gasteiger partial charge in [-0.2, -0.15) is 0 Å². The molecule has 1 aromatic rings. The summed E-state index contributed by atoms with van der Waals surface area (Å²) in [6.45, 7) is 1.66. The van der Waals surface area contributed by atoms with Crippen LogP contribution in [0, 0.1) is 11.8 Å². The molecule has 0 spiro atoms. The summed E-state index contributed by atoms with van der Waals surface area (Å²) < 4.78 is 0. The van der Waals surface area contributed by atoms with Gasteiger partial charge in [0.15, 0.2) is 0 Å². The van der Waals surface area contributed by atoms with Gasteiger partial charge in [-0.25, -0.2) is 0 Å². The van der Waals surface area contributed by atoms with E-state index >= 15 is 0 Å². The molecule has 2 aliphatic carbocycles. The van der Waals surface area contributed by atoms with Crippen LogP contribution in [0.1, 0.15) is 36.0 Å². The van der Waals surface area contributed by atoms with Gasteiger partial charge in [-0.05, 0) is 61.7 Å². The van der Waals surface area contributed by atoms with Gasteiger partial charge in [0.2, 0.25) is 0 Å². The maximum Gasteiger partial charge on any atom is 0.488 e. The van der Waals surface area contributed by atoms with E-state index in [1.807, 2.05) is 0 Å². The van der Waals surface area contributed by atoms with Crippen LogP contribution in [0.2, 0.25) is 0 Å². The number of benzene rings is 1. The highest BCUT2D eigenvalue weighted by molar-refractivity contribution is 6.58. The molecule has 0 aromatic heterocycles. The maximum absolute atomic E-state index is 11.6. The second-order valence-electron chi connectivity index (χ2n) is 5.83. The van der Waals surface area contributed by atoms with Crippen molar-refractivity contribution in [3.63, 3.8) is 0 Å². The van der Waals surface area contributed by atoms with Crippen molar-refractivity contribution < 1.29 is 14.8 Å². The second kappa shape index (κ2) is 7.59. The van der Waals surface area contributed by atoms with Gasteiger partial charge in [-0.15, -0.1) is 0 Å². The molecule has 0 radical (unpaired) electrons. The number of hydrogen-bond donors (Lipinski definition) is 4. The summed E-state index contributed by atoms with van der Waals surface area (Å²) >= 11 is 0. The molecule has 3 rings (SSSR count). The van der Waals surface area contributed by atoms with Gasteiger partial charge in [0.25, 0.3) is 5.91 Å². The summed E-state index contributed by atoms with van der Waals surface area (Å²) in [6.07, 6.45) is 5.18. The normalized spacial score (nSPS) is 16.7. The van der Waals surface area contributed by atoms with Gasteiger partial charge in [0.05, 0.1) is 0 Å². The zero-order chi connectivity index (χ0) is 15.2. The molecule has 2 saturated carbocycles. The monoisotopic (exact) mass is 290 g/mol. The molecular formula is C15H23BN2O3. The van der Waals surface area contributed by atoms with E-state index < -0.39 is 7.12 Å². The van der Waals surface area contributed by atoms with Crippen LogP contribution in [0.15, 0.2) is 24.3 Å². The Kier molecular flexibility index (Phi) is 5.79. The first kappa shape index (κ1) is 16.0. The molecule has 1 aromatic carbocycles. The number of amides is 1. The smallest absolute Gasteiger partial charge is 0.423 e. The van der Waals surface area contributed by atoms with Crippen molar-refractivity contribution in [2.45, 2.75) is 25.7 Å². The van der Waals surface area contributed by atoms with E-state index in [1.165, 1.54) is 37.8 Å². The second-order valence-corrected chi connectivity index (χ2v) is 5.83. The largest absolute Gasteiger partial charge is 0.488 e. The molecule has 2 aliphatic rings. The Morgan fingerprint density at radius 1 is 1.14 bits per heavy atom. The molecule has 0 aliphatic heterocycles. The number of nitrogens with one attached hydrogen (secondary N) is 1. The van der Waals surface area contributed by atoms with Crippen molar-refractivity contribution >= 4 is 18.5 Å². The lowest BCUT2D eigenvalue weighted by molar-refractivity contribution is 0.0952. The Morgan fingerprint density at radius 3 is 2.10 bits per heavy atom. The summed E-state index contributed by atoms with van der Waals surface area (Å²) in [5, 5.41) is 20.6. The summed E-state index contributed by atoms with van der Waals surface area (Å²) in [5.74, 6) is 1.46. The standard InChI is InChI=1S/C11H14BNO3.C4H9N/c14-11(13-7-8-1-2-8)9-3-5-10(6-4-9)12(15)16;5-3-4-1-2-4/h3-6,8,15-16H,1-2,7H2,(H,13,14);4H,1-3,5H2. The van der Waals surface area contributed by atoms with Crippen LogP contribution in [-0.2, 0) is 0 Å². The van der Waals surface area contributed by atoms with Crippen molar-refractivity contribution in [3.8, 4) is 0 Å². The highest BCUT2D eigenvalue weighted by atomic mass is 16.4. The Hall–Kier alpha value is -1.37. The SMILES string of the molecule is NCC1CC1.O=C(NCC1CC1)c1ccc(B(O)O)cc1. The number of carbonyl (C=O) groups is 1. The minimum Gasteiger partial charge on any atom is -0.423 e. The van der Waals surface area contributed by atoms with Crippen LogP contribution in [0.3, 0.4) is 0 Å². The predicted molar refractivity (Wildman–Crippen MR) is 83.1 cm³/mol. The Labute approximate surface area is 125 Å². The quantitative estimate of drug-likeness (QED) is 0.568. The Bertz CT molecular complexity index is 456. The van der Waals surface area contributed by atoms with E-state index in [0.29, 0.717) is 16.9 Å². The van der Waals surface area contributed by atoms with Crippen LogP contribution in [-0.4, -0.2) is 36.2 Å². The van der Waals surface area contributed by atoms with E-state index in [0.717, 1.165) is 19.0 Å². The van der Waals surface area contributed by atoms with Gasteiger partial charge in [-0.1, -0.05) is 12.1 Å². The molecule has 21 heavy (non-hydrogen) atoms. The molecule has 0 atom stereocenters. The first-order valence-corrected chi connectivity index (χ1v) is 7.54. The predicted octanol–water partition coefficient (Wildman–Crippen LogP) is -0.139. The van der Waals surface area contributed by atoms with E-state index in [1.54, 1.807) is 12.1 Å². The van der Waals surface area contributed by atoms with Crippen molar-refractivity contribution in [2.24, 2.45) is 17.6 Å². The average Bonchev–Trinajstić information content (AvgIpc) is 3.39. The number of nitrogens with two attached hydrogens (primary N) is 1. The van der Waals surface area contributed by atoms with Crippen molar-refractivity contribution in [2.75, 3.05) is 13.1 Å². The van der Waals surface area contributed by atoms with Crippen LogP contribution in [0.5, 0.6) is 0 Å². The third kappa shape index (κ3) is 5.87. The summed E-state index contributed by atoms with van der Waals surface area (Å²) in [5.41, 5.74) is 6.17. The van der Waals surface area contributed by atoms with Gasteiger partial charge in [-0.3, -0.25) is 4.79 Å². The first-order valence-electron chi connectivity index (χ1n) is 7.54. The number of rotatable bonds is 5. The van der Waals surface area contributed by atoms with Gasteiger partial charge in [0, 0.05) is 12.1 Å². The lowest BCUT2D eigenvalue weighted by Gasteiger charge is -2.05. The summed E-state index contributed by atoms with van der Waals surface area (Å²) in [4.78, 5) is 11.6. The molecule has 2 fully saturated rings. The average molecular weight is 290 g/mol. The van der Waals surface area contributed by atoms with E-state index in [4.69, 9.17) is 15.8 Å². The first-order chi connectivity index (χ1) is 10.1. The number of hydrogen-bond acceptors (Lipinski definition) is 4. The minimum atomic E-state index is -1.48. The van der Waals surface area contributed by atoms with Gasteiger partial charge >= 0.3 is 7.12 Å². The molecule has 114 valence electrons. The van der Waals surface area contributed by atoms with E-state index in [9.17, 15) is 4.79 Å². The highest BCUT2D eigenvalue weighted by Crippen LogP contribution is 2.27. The Morgan fingerprint density at radius 2 is 1.71 bits per heavy atom. The van der Waals surface area contributed by atoms with Crippen LogP contribution >= 0.6 is 0 Å². The topological polar surface area (TPSA) is 95.6 Å². The zero-order valence-corrected chi connectivity index (χ0v) is 12.2. The maximum atomic E-state index is 11.6. The van der Waals surface area contributed by atoms with Crippen LogP contribution in [0.4, 0.5) is 0 Å². The molecule has 0 unspecified atom stereocenters. The third-order valence-electron chi connectivity index (χ3n) is 3.75. The van der Waals surface area contributed by atoms with Crippen LogP contribution < -0.4 is 16.5 Å². The molecule has 6 heteroatoms. The van der Waals surface area contributed by atoms with Crippen molar-refractivity contribution in [1.29, 1.82) is 0 Å². The molecule has 0 saturated heterocycles. The molecule has 5 N–H and O–H groups in total.